The summed E-state index contributed by atoms with van der Waals surface area (Å²) in [6, 6.07) is 14.2. The van der Waals surface area contributed by atoms with Gasteiger partial charge in [-0.3, -0.25) is 4.79 Å². The minimum Gasteiger partial charge on any atom is -0.299 e. The molecule has 19 heavy (non-hydrogen) atoms. The van der Waals surface area contributed by atoms with Crippen LogP contribution in [0.25, 0.3) is 0 Å². The van der Waals surface area contributed by atoms with Gasteiger partial charge in [-0.1, -0.05) is 63.5 Å². The van der Waals surface area contributed by atoms with Crippen LogP contribution in [-0.4, -0.2) is 5.78 Å². The van der Waals surface area contributed by atoms with Crippen LogP contribution in [0.5, 0.6) is 0 Å². The van der Waals surface area contributed by atoms with Crippen LogP contribution in [0.2, 0.25) is 0 Å². The average molecular weight is 317 g/mol. The predicted molar refractivity (Wildman–Crippen MR) is 82.5 cm³/mol. The molecule has 0 aliphatic carbocycles. The summed E-state index contributed by atoms with van der Waals surface area (Å²) in [7, 11) is 0. The van der Waals surface area contributed by atoms with Gasteiger partial charge in [0.25, 0.3) is 0 Å². The highest BCUT2D eigenvalue weighted by atomic mass is 79.9. The van der Waals surface area contributed by atoms with Crippen molar-refractivity contribution in [2.75, 3.05) is 0 Å². The highest BCUT2D eigenvalue weighted by molar-refractivity contribution is 9.10. The Morgan fingerprint density at radius 1 is 1.00 bits per heavy atom. The maximum absolute atomic E-state index is 12.1. The van der Waals surface area contributed by atoms with Crippen LogP contribution in [0, 0.1) is 13.8 Å². The van der Waals surface area contributed by atoms with Gasteiger partial charge in [0.2, 0.25) is 0 Å². The predicted octanol–water partition coefficient (Wildman–Crippen LogP) is 4.42. The van der Waals surface area contributed by atoms with E-state index >= 15 is 0 Å². The van der Waals surface area contributed by atoms with Crippen molar-refractivity contribution in [2.24, 2.45) is 0 Å². The summed E-state index contributed by atoms with van der Waals surface area (Å²) in [5.74, 6) is 0.247. The lowest BCUT2D eigenvalue weighted by molar-refractivity contribution is -0.117. The standard InChI is InChI=1S/C17H17BrO/c1-12-7-13(2)9-14(8-12)10-16(19)11-15-5-3-4-6-17(15)18/h3-9H,10-11H2,1-2H3. The van der Waals surface area contributed by atoms with Crippen LogP contribution in [0.15, 0.2) is 46.9 Å². The maximum Gasteiger partial charge on any atom is 0.141 e. The van der Waals surface area contributed by atoms with Gasteiger partial charge in [0.15, 0.2) is 0 Å². The average Bonchev–Trinajstić information content (AvgIpc) is 2.30. The molecule has 0 fully saturated rings. The quantitative estimate of drug-likeness (QED) is 0.816. The Balaban J connectivity index is 2.07. The minimum absolute atomic E-state index is 0.247. The van der Waals surface area contributed by atoms with Crippen molar-refractivity contribution in [3.8, 4) is 0 Å². The molecule has 2 aromatic rings. The van der Waals surface area contributed by atoms with Crippen molar-refractivity contribution < 1.29 is 4.79 Å². The summed E-state index contributed by atoms with van der Waals surface area (Å²) >= 11 is 3.48. The smallest absolute Gasteiger partial charge is 0.141 e. The minimum atomic E-state index is 0.247. The number of Topliss-reactive ketones (excluding diaryl/α,β-unsaturated/α-hetero) is 1. The largest absolute Gasteiger partial charge is 0.299 e. The first-order valence-electron chi connectivity index (χ1n) is 6.37. The Bertz CT molecular complexity index is 582. The number of aryl methyl sites for hydroxylation is 2. The molecule has 0 aliphatic rings. The van der Waals surface area contributed by atoms with Gasteiger partial charge in [0, 0.05) is 17.3 Å². The highest BCUT2D eigenvalue weighted by Gasteiger charge is 2.08. The summed E-state index contributed by atoms with van der Waals surface area (Å²) < 4.78 is 1.00. The van der Waals surface area contributed by atoms with E-state index in [0.717, 1.165) is 15.6 Å². The molecular weight excluding hydrogens is 300 g/mol. The molecule has 0 spiro atoms. The molecule has 2 rings (SSSR count). The van der Waals surface area contributed by atoms with E-state index in [1.54, 1.807) is 0 Å². The van der Waals surface area contributed by atoms with E-state index in [1.165, 1.54) is 11.1 Å². The van der Waals surface area contributed by atoms with Crippen LogP contribution >= 0.6 is 15.9 Å². The van der Waals surface area contributed by atoms with Crippen LogP contribution in [-0.2, 0) is 17.6 Å². The van der Waals surface area contributed by atoms with Crippen molar-refractivity contribution >= 4 is 21.7 Å². The normalized spacial score (nSPS) is 10.5. The third-order valence-corrected chi connectivity index (χ3v) is 3.80. The third-order valence-electron chi connectivity index (χ3n) is 3.03. The van der Waals surface area contributed by atoms with E-state index < -0.39 is 0 Å². The molecule has 0 atom stereocenters. The number of benzene rings is 2. The summed E-state index contributed by atoms with van der Waals surface area (Å²) in [6.45, 7) is 4.13. The van der Waals surface area contributed by atoms with Crippen molar-refractivity contribution in [1.82, 2.24) is 0 Å². The molecule has 0 amide bonds. The van der Waals surface area contributed by atoms with E-state index in [2.05, 4.69) is 48.0 Å². The van der Waals surface area contributed by atoms with Gasteiger partial charge < -0.3 is 0 Å². The lowest BCUT2D eigenvalue weighted by Crippen LogP contribution is -2.07. The van der Waals surface area contributed by atoms with Crippen LogP contribution in [0.3, 0.4) is 0 Å². The van der Waals surface area contributed by atoms with Crippen molar-refractivity contribution in [2.45, 2.75) is 26.7 Å². The van der Waals surface area contributed by atoms with Crippen LogP contribution in [0.1, 0.15) is 22.3 Å². The van der Waals surface area contributed by atoms with Crippen molar-refractivity contribution in [3.63, 3.8) is 0 Å². The Morgan fingerprint density at radius 2 is 1.63 bits per heavy atom. The molecule has 98 valence electrons. The molecule has 2 heteroatoms. The zero-order valence-electron chi connectivity index (χ0n) is 11.2. The number of ketones is 1. The molecule has 0 radical (unpaired) electrons. The molecule has 0 unspecified atom stereocenters. The van der Waals surface area contributed by atoms with Gasteiger partial charge in [0.1, 0.15) is 5.78 Å². The lowest BCUT2D eigenvalue weighted by atomic mass is 10.00. The Kier molecular flexibility index (Phi) is 4.54. The first kappa shape index (κ1) is 14.0. The zero-order valence-corrected chi connectivity index (χ0v) is 12.8. The second-order valence-electron chi connectivity index (χ2n) is 4.98. The molecule has 0 heterocycles. The van der Waals surface area contributed by atoms with E-state index in [1.807, 2.05) is 24.3 Å². The molecule has 0 saturated heterocycles. The zero-order chi connectivity index (χ0) is 13.8. The van der Waals surface area contributed by atoms with Gasteiger partial charge in [-0.2, -0.15) is 0 Å². The summed E-state index contributed by atoms with van der Waals surface area (Å²) in [5.41, 5.74) is 4.58. The van der Waals surface area contributed by atoms with E-state index in [4.69, 9.17) is 0 Å². The van der Waals surface area contributed by atoms with E-state index in [9.17, 15) is 4.79 Å². The Morgan fingerprint density at radius 3 is 2.26 bits per heavy atom. The van der Waals surface area contributed by atoms with Gasteiger partial charge in [-0.05, 0) is 31.0 Å². The Labute approximate surface area is 122 Å². The van der Waals surface area contributed by atoms with E-state index in [-0.39, 0.29) is 5.78 Å². The van der Waals surface area contributed by atoms with Crippen molar-refractivity contribution in [1.29, 1.82) is 0 Å². The topological polar surface area (TPSA) is 17.1 Å². The van der Waals surface area contributed by atoms with Gasteiger partial charge in [-0.25, -0.2) is 0 Å². The first-order valence-corrected chi connectivity index (χ1v) is 7.16. The fourth-order valence-electron chi connectivity index (χ4n) is 2.32. The maximum atomic E-state index is 12.1. The van der Waals surface area contributed by atoms with E-state index in [0.29, 0.717) is 12.8 Å². The molecule has 0 N–H and O–H groups in total. The second kappa shape index (κ2) is 6.16. The molecule has 1 nitrogen and oxygen atoms in total. The molecule has 2 aromatic carbocycles. The third kappa shape index (κ3) is 4.03. The molecule has 0 aromatic heterocycles. The summed E-state index contributed by atoms with van der Waals surface area (Å²) in [5, 5.41) is 0. The van der Waals surface area contributed by atoms with Crippen molar-refractivity contribution in [3.05, 3.63) is 69.2 Å². The highest BCUT2D eigenvalue weighted by Crippen LogP contribution is 2.17. The summed E-state index contributed by atoms with van der Waals surface area (Å²) in [4.78, 5) is 12.1. The van der Waals surface area contributed by atoms with Gasteiger partial charge >= 0.3 is 0 Å². The molecule has 0 aliphatic heterocycles. The van der Waals surface area contributed by atoms with Crippen LogP contribution < -0.4 is 0 Å². The Hall–Kier alpha value is -1.41. The molecular formula is C17H17BrO. The SMILES string of the molecule is Cc1cc(C)cc(CC(=O)Cc2ccccc2Br)c1. The molecule has 0 saturated carbocycles. The second-order valence-corrected chi connectivity index (χ2v) is 5.83. The number of hydrogen-bond donors (Lipinski definition) is 0. The van der Waals surface area contributed by atoms with Crippen LogP contribution in [0.4, 0.5) is 0 Å². The van der Waals surface area contributed by atoms with Gasteiger partial charge in [0.05, 0.1) is 0 Å². The monoisotopic (exact) mass is 316 g/mol. The number of rotatable bonds is 4. The lowest BCUT2D eigenvalue weighted by Gasteiger charge is -2.06. The fraction of sp³-hybridized carbons (Fsp3) is 0.235. The number of hydrogen-bond acceptors (Lipinski definition) is 1. The number of carbonyl (C=O) groups excluding carboxylic acids is 1. The molecule has 0 bridgehead atoms. The fourth-order valence-corrected chi connectivity index (χ4v) is 2.74. The number of carbonyl (C=O) groups is 1. The summed E-state index contributed by atoms with van der Waals surface area (Å²) in [6.07, 6.45) is 0.984. The van der Waals surface area contributed by atoms with Gasteiger partial charge in [-0.15, -0.1) is 0 Å². The number of halogens is 1. The first-order chi connectivity index (χ1) is 9.04.